The molecule has 2 N–H and O–H groups in total. The van der Waals surface area contributed by atoms with Gasteiger partial charge in [0.15, 0.2) is 11.6 Å². The quantitative estimate of drug-likeness (QED) is 0.477. The summed E-state index contributed by atoms with van der Waals surface area (Å²) in [7, 11) is 3.18. The van der Waals surface area contributed by atoms with Crippen LogP contribution in [0.25, 0.3) is 22.3 Å². The second kappa shape index (κ2) is 8.46. The number of aromatic amines is 1. The highest BCUT2D eigenvalue weighted by Gasteiger charge is 2.18. The molecular formula is C22H22FN5O2. The third-order valence-corrected chi connectivity index (χ3v) is 4.83. The molecule has 0 aliphatic heterocycles. The highest BCUT2D eigenvalue weighted by Crippen LogP contribution is 2.33. The largest absolute Gasteiger partial charge is 0.477 e. The van der Waals surface area contributed by atoms with E-state index in [1.54, 1.807) is 13.2 Å². The van der Waals surface area contributed by atoms with Crippen LogP contribution in [0.1, 0.15) is 16.8 Å². The number of nitrogens with one attached hydrogen (secondary N) is 2. The average Bonchev–Trinajstić information content (AvgIpc) is 3.09. The lowest BCUT2D eigenvalue weighted by molar-refractivity contribution is 0.186. The Kier molecular flexibility index (Phi) is 5.58. The van der Waals surface area contributed by atoms with E-state index in [0.717, 1.165) is 33.3 Å². The molecule has 2 aromatic heterocycles. The number of ether oxygens (including phenoxy) is 2. The molecule has 0 atom stereocenters. The molecule has 0 fully saturated rings. The molecule has 0 radical (unpaired) electrons. The summed E-state index contributed by atoms with van der Waals surface area (Å²) in [6.45, 7) is 2.84. The van der Waals surface area contributed by atoms with Gasteiger partial charge in [0.1, 0.15) is 5.82 Å². The summed E-state index contributed by atoms with van der Waals surface area (Å²) in [5.74, 6) is 0.890. The maximum atomic E-state index is 13.5. The summed E-state index contributed by atoms with van der Waals surface area (Å²) in [4.78, 5) is 8.07. The molecule has 30 heavy (non-hydrogen) atoms. The molecule has 4 aromatic rings. The fourth-order valence-corrected chi connectivity index (χ4v) is 3.48. The zero-order chi connectivity index (χ0) is 21.1. The average molecular weight is 407 g/mol. The van der Waals surface area contributed by atoms with Gasteiger partial charge in [-0.1, -0.05) is 30.3 Å². The Balaban J connectivity index is 1.72. The van der Waals surface area contributed by atoms with E-state index in [4.69, 9.17) is 9.47 Å². The smallest absolute Gasteiger partial charge is 0.276 e. The lowest BCUT2D eigenvalue weighted by Crippen LogP contribution is -2.07. The summed E-state index contributed by atoms with van der Waals surface area (Å²) in [5.41, 5.74) is 4.61. The van der Waals surface area contributed by atoms with E-state index >= 15 is 0 Å². The van der Waals surface area contributed by atoms with Crippen molar-refractivity contribution < 1.29 is 13.9 Å². The van der Waals surface area contributed by atoms with Gasteiger partial charge in [-0.15, -0.1) is 10.2 Å². The van der Waals surface area contributed by atoms with Crippen LogP contribution in [0.15, 0.2) is 42.5 Å². The lowest BCUT2D eigenvalue weighted by Gasteiger charge is -2.10. The van der Waals surface area contributed by atoms with E-state index in [0.29, 0.717) is 24.8 Å². The number of hydrogen-bond acceptors (Lipinski definition) is 6. The second-order valence-electron chi connectivity index (χ2n) is 6.87. The van der Waals surface area contributed by atoms with Gasteiger partial charge in [-0.05, 0) is 24.6 Å². The zero-order valence-corrected chi connectivity index (χ0v) is 17.0. The van der Waals surface area contributed by atoms with Crippen molar-refractivity contribution in [1.29, 1.82) is 0 Å². The Morgan fingerprint density at radius 2 is 1.93 bits per heavy atom. The minimum atomic E-state index is -0.288. The van der Waals surface area contributed by atoms with Crippen LogP contribution in [0.4, 0.5) is 10.2 Å². The van der Waals surface area contributed by atoms with Crippen LogP contribution in [0, 0.1) is 12.7 Å². The van der Waals surface area contributed by atoms with Crippen LogP contribution in [0.2, 0.25) is 0 Å². The monoisotopic (exact) mass is 407 g/mol. The van der Waals surface area contributed by atoms with Crippen molar-refractivity contribution in [2.45, 2.75) is 20.1 Å². The van der Waals surface area contributed by atoms with Gasteiger partial charge >= 0.3 is 0 Å². The van der Waals surface area contributed by atoms with Gasteiger partial charge in [-0.2, -0.15) is 0 Å². The number of rotatable bonds is 7. The van der Waals surface area contributed by atoms with Crippen molar-refractivity contribution in [3.05, 3.63) is 65.1 Å². The molecule has 4 rings (SSSR count). The molecule has 0 amide bonds. The molecule has 0 unspecified atom stereocenters. The summed E-state index contributed by atoms with van der Waals surface area (Å²) in [5, 5.41) is 12.6. The summed E-state index contributed by atoms with van der Waals surface area (Å²) in [6, 6.07) is 12.4. The summed E-state index contributed by atoms with van der Waals surface area (Å²) >= 11 is 0. The van der Waals surface area contributed by atoms with E-state index in [1.165, 1.54) is 19.2 Å². The van der Waals surface area contributed by atoms with Crippen molar-refractivity contribution in [3.8, 4) is 17.3 Å². The Labute approximate surface area is 173 Å². The Morgan fingerprint density at radius 3 is 2.70 bits per heavy atom. The van der Waals surface area contributed by atoms with E-state index < -0.39 is 0 Å². The third-order valence-electron chi connectivity index (χ3n) is 4.83. The van der Waals surface area contributed by atoms with Crippen LogP contribution in [-0.2, 0) is 17.9 Å². The van der Waals surface area contributed by atoms with Crippen LogP contribution in [0.3, 0.4) is 0 Å². The number of anilines is 1. The number of benzene rings is 2. The van der Waals surface area contributed by atoms with Gasteiger partial charge in [0, 0.05) is 35.9 Å². The van der Waals surface area contributed by atoms with E-state index in [1.807, 2.05) is 31.2 Å². The van der Waals surface area contributed by atoms with Crippen molar-refractivity contribution in [1.82, 2.24) is 20.2 Å². The first-order valence-electron chi connectivity index (χ1n) is 9.47. The van der Waals surface area contributed by atoms with E-state index in [9.17, 15) is 4.39 Å². The molecule has 2 heterocycles. The fraction of sp³-hybridized carbons (Fsp3) is 0.227. The molecule has 0 aliphatic carbocycles. The maximum absolute atomic E-state index is 13.5. The number of halogens is 1. The highest BCUT2D eigenvalue weighted by atomic mass is 19.1. The normalized spacial score (nSPS) is 11.1. The SMILES string of the molecule is COCc1cccc2c(-c3nnc(OC)c(NCc4cccc(F)c4)n3)c(C)[nH]c12. The molecule has 154 valence electrons. The van der Waals surface area contributed by atoms with Gasteiger partial charge in [-0.3, -0.25) is 0 Å². The predicted molar refractivity (Wildman–Crippen MR) is 113 cm³/mol. The first-order valence-corrected chi connectivity index (χ1v) is 9.47. The number of para-hydroxylation sites is 1. The fourth-order valence-electron chi connectivity index (χ4n) is 3.48. The maximum Gasteiger partial charge on any atom is 0.276 e. The number of aryl methyl sites for hydroxylation is 1. The molecule has 0 saturated heterocycles. The minimum absolute atomic E-state index is 0.271. The summed E-state index contributed by atoms with van der Waals surface area (Å²) < 4.78 is 24.1. The van der Waals surface area contributed by atoms with E-state index in [2.05, 4.69) is 25.5 Å². The van der Waals surface area contributed by atoms with Crippen LogP contribution in [-0.4, -0.2) is 34.4 Å². The summed E-state index contributed by atoms with van der Waals surface area (Å²) in [6.07, 6.45) is 0. The van der Waals surface area contributed by atoms with Crippen LogP contribution < -0.4 is 10.1 Å². The molecule has 0 aliphatic rings. The van der Waals surface area contributed by atoms with Crippen molar-refractivity contribution in [3.63, 3.8) is 0 Å². The van der Waals surface area contributed by atoms with Gasteiger partial charge in [0.25, 0.3) is 5.88 Å². The van der Waals surface area contributed by atoms with Gasteiger partial charge in [0.2, 0.25) is 0 Å². The highest BCUT2D eigenvalue weighted by molar-refractivity contribution is 5.97. The number of methoxy groups -OCH3 is 2. The molecule has 8 heteroatoms. The van der Waals surface area contributed by atoms with Crippen molar-refractivity contribution in [2.24, 2.45) is 0 Å². The topological polar surface area (TPSA) is 85.0 Å². The van der Waals surface area contributed by atoms with Gasteiger partial charge in [0.05, 0.1) is 19.2 Å². The van der Waals surface area contributed by atoms with E-state index in [-0.39, 0.29) is 11.7 Å². The third kappa shape index (κ3) is 3.81. The molecular weight excluding hydrogens is 385 g/mol. The van der Waals surface area contributed by atoms with Gasteiger partial charge in [-0.25, -0.2) is 9.37 Å². The number of nitrogens with zero attached hydrogens (tertiary/aromatic N) is 3. The van der Waals surface area contributed by atoms with Crippen LogP contribution >= 0.6 is 0 Å². The Bertz CT molecular complexity index is 1190. The number of hydrogen-bond donors (Lipinski definition) is 2. The number of H-pyrrole nitrogens is 1. The Hall–Kier alpha value is -3.52. The molecule has 2 aromatic carbocycles. The first kappa shape index (κ1) is 19.8. The van der Waals surface area contributed by atoms with Crippen molar-refractivity contribution in [2.75, 3.05) is 19.5 Å². The van der Waals surface area contributed by atoms with Crippen LogP contribution in [0.5, 0.6) is 5.88 Å². The molecule has 0 saturated carbocycles. The first-order chi connectivity index (χ1) is 14.6. The van der Waals surface area contributed by atoms with Gasteiger partial charge < -0.3 is 19.8 Å². The molecule has 0 spiro atoms. The molecule has 7 nitrogen and oxygen atoms in total. The zero-order valence-electron chi connectivity index (χ0n) is 17.0. The minimum Gasteiger partial charge on any atom is -0.477 e. The predicted octanol–water partition coefficient (Wildman–Crippen LogP) is 4.23. The number of fused-ring (bicyclic) bond motifs is 1. The standard InChI is InChI=1S/C22H22FN5O2/c1-13-18(17-9-5-7-15(12-29-2)19(17)25-13)20-26-21(22(30-3)28-27-20)24-11-14-6-4-8-16(23)10-14/h4-10,25H,11-12H2,1-3H3,(H,24,26,27). The van der Waals surface area contributed by atoms with Crippen molar-refractivity contribution >= 4 is 16.7 Å². The lowest BCUT2D eigenvalue weighted by atomic mass is 10.1. The second-order valence-corrected chi connectivity index (χ2v) is 6.87. The Morgan fingerprint density at radius 1 is 1.10 bits per heavy atom. The molecule has 0 bridgehead atoms. The number of aromatic nitrogens is 4.